The van der Waals surface area contributed by atoms with Crippen LogP contribution in [0.1, 0.15) is 63.4 Å². The molecular weight excluding hydrogens is 440 g/mol. The molecule has 182 valence electrons. The third kappa shape index (κ3) is 2.43. The SMILES string of the molecule is CC(=O)C1C(=O)C(C(C)C)[C@@]2(C)[C@H](O)[C@]3(C)C(C(=O)c4c(O)cccc4[C@H]3C)C(=O)[C@@]2(O)C1=O. The van der Waals surface area contributed by atoms with Crippen molar-refractivity contribution in [1.82, 2.24) is 0 Å². The molecule has 8 atom stereocenters. The fraction of sp³-hybridized carbons (Fsp3) is 0.577. The van der Waals surface area contributed by atoms with Gasteiger partial charge in [-0.05, 0) is 30.4 Å². The van der Waals surface area contributed by atoms with Crippen LogP contribution in [0, 0.1) is 34.5 Å². The van der Waals surface area contributed by atoms with Crippen LogP contribution in [0.5, 0.6) is 5.75 Å². The smallest absolute Gasteiger partial charge is 0.191 e. The minimum atomic E-state index is -2.94. The molecule has 0 spiro atoms. The van der Waals surface area contributed by atoms with Crippen molar-refractivity contribution < 1.29 is 39.3 Å². The third-order valence-corrected chi connectivity index (χ3v) is 9.09. The van der Waals surface area contributed by atoms with Crippen LogP contribution in [0.2, 0.25) is 0 Å². The number of hydrogen-bond acceptors (Lipinski definition) is 8. The molecule has 2 fully saturated rings. The highest BCUT2D eigenvalue weighted by atomic mass is 16.3. The Labute approximate surface area is 197 Å². The van der Waals surface area contributed by atoms with E-state index in [2.05, 4.69) is 0 Å². The van der Waals surface area contributed by atoms with Crippen LogP contribution in [0.3, 0.4) is 0 Å². The van der Waals surface area contributed by atoms with E-state index in [1.165, 1.54) is 13.0 Å². The Balaban J connectivity index is 2.08. The molecule has 0 amide bonds. The summed E-state index contributed by atoms with van der Waals surface area (Å²) in [5.74, 6) is -11.0. The lowest BCUT2D eigenvalue weighted by Crippen LogP contribution is -2.81. The van der Waals surface area contributed by atoms with E-state index in [9.17, 15) is 39.3 Å². The van der Waals surface area contributed by atoms with Crippen molar-refractivity contribution in [2.24, 2.45) is 34.5 Å². The maximum atomic E-state index is 14.1. The van der Waals surface area contributed by atoms with Crippen molar-refractivity contribution in [3.05, 3.63) is 29.3 Å². The van der Waals surface area contributed by atoms with E-state index in [1.54, 1.807) is 39.8 Å². The minimum Gasteiger partial charge on any atom is -0.507 e. The number of aliphatic hydroxyl groups excluding tert-OH is 1. The summed E-state index contributed by atoms with van der Waals surface area (Å²) in [5, 5.41) is 34.3. The number of rotatable bonds is 2. The molecule has 0 bridgehead atoms. The number of hydrogen-bond donors (Lipinski definition) is 3. The van der Waals surface area contributed by atoms with Crippen LogP contribution in [0.25, 0.3) is 0 Å². The largest absolute Gasteiger partial charge is 0.507 e. The standard InChI is InChI=1S/C26H30O8/c1-10(2)17-19(29)15(12(4)27)21(31)26(34)22(32)18-20(30)16-13(8-7-9-14(16)28)11(3)24(18,5)23(33)25(17,26)6/h7-11,15,17-18,23,28,33-34H,1-6H3/t11-,15?,17?,18?,23-,24+,25+,26+/m1/s1. The molecule has 3 aliphatic rings. The van der Waals surface area contributed by atoms with Gasteiger partial charge in [0.05, 0.1) is 17.6 Å². The second kappa shape index (κ2) is 7.15. The second-order valence-corrected chi connectivity index (χ2v) is 10.9. The highest BCUT2D eigenvalue weighted by Gasteiger charge is 2.80. The molecule has 3 aliphatic carbocycles. The van der Waals surface area contributed by atoms with Gasteiger partial charge in [0.15, 0.2) is 28.7 Å². The summed E-state index contributed by atoms with van der Waals surface area (Å²) < 4.78 is 0. The molecule has 4 rings (SSSR count). The van der Waals surface area contributed by atoms with Gasteiger partial charge >= 0.3 is 0 Å². The van der Waals surface area contributed by atoms with Gasteiger partial charge in [0.25, 0.3) is 0 Å². The van der Waals surface area contributed by atoms with Crippen LogP contribution in [0.15, 0.2) is 18.2 Å². The Morgan fingerprint density at radius 2 is 1.65 bits per heavy atom. The Hall–Kier alpha value is -2.71. The number of aromatic hydroxyl groups is 1. The molecule has 2 saturated carbocycles. The minimum absolute atomic E-state index is 0.0897. The monoisotopic (exact) mass is 470 g/mol. The lowest BCUT2D eigenvalue weighted by atomic mass is 9.37. The molecule has 8 heteroatoms. The van der Waals surface area contributed by atoms with Crippen molar-refractivity contribution in [2.45, 2.75) is 59.2 Å². The van der Waals surface area contributed by atoms with E-state index in [0.717, 1.165) is 6.92 Å². The van der Waals surface area contributed by atoms with Crippen LogP contribution in [0.4, 0.5) is 0 Å². The first-order valence-corrected chi connectivity index (χ1v) is 11.5. The van der Waals surface area contributed by atoms with Gasteiger partial charge in [0, 0.05) is 16.7 Å². The molecule has 1 aromatic carbocycles. The summed E-state index contributed by atoms with van der Waals surface area (Å²) in [6.07, 6.45) is -1.64. The van der Waals surface area contributed by atoms with Crippen LogP contribution in [-0.2, 0) is 19.2 Å². The maximum absolute atomic E-state index is 14.1. The number of Topliss-reactive ketones (excluding diaryl/α,β-unsaturated/α-hetero) is 5. The topological polar surface area (TPSA) is 146 Å². The van der Waals surface area contributed by atoms with Crippen molar-refractivity contribution >= 4 is 28.9 Å². The van der Waals surface area contributed by atoms with Gasteiger partial charge in [-0.1, -0.05) is 46.8 Å². The van der Waals surface area contributed by atoms with Gasteiger partial charge in [-0.15, -0.1) is 0 Å². The summed E-state index contributed by atoms with van der Waals surface area (Å²) >= 11 is 0. The normalized spacial score (nSPS) is 41.7. The lowest BCUT2D eigenvalue weighted by Gasteiger charge is -2.65. The predicted molar refractivity (Wildman–Crippen MR) is 119 cm³/mol. The molecular formula is C26H30O8. The van der Waals surface area contributed by atoms with Crippen LogP contribution >= 0.6 is 0 Å². The third-order valence-electron chi connectivity index (χ3n) is 9.09. The molecule has 0 saturated heterocycles. The number of benzene rings is 1. The van der Waals surface area contributed by atoms with E-state index in [4.69, 9.17) is 0 Å². The molecule has 0 radical (unpaired) electrons. The number of fused-ring (bicyclic) bond motifs is 3. The van der Waals surface area contributed by atoms with Crippen molar-refractivity contribution in [1.29, 1.82) is 0 Å². The fourth-order valence-corrected chi connectivity index (χ4v) is 7.31. The van der Waals surface area contributed by atoms with Gasteiger partial charge in [-0.3, -0.25) is 24.0 Å². The predicted octanol–water partition coefficient (Wildman–Crippen LogP) is 1.62. The van der Waals surface area contributed by atoms with Gasteiger partial charge in [0.2, 0.25) is 0 Å². The van der Waals surface area contributed by atoms with Crippen LogP contribution in [-0.4, -0.2) is 55.9 Å². The van der Waals surface area contributed by atoms with E-state index in [0.29, 0.717) is 5.56 Å². The number of carbonyl (C=O) groups excluding carboxylic acids is 5. The summed E-state index contributed by atoms with van der Waals surface area (Å²) in [7, 11) is 0. The van der Waals surface area contributed by atoms with Gasteiger partial charge in [-0.25, -0.2) is 0 Å². The Morgan fingerprint density at radius 3 is 2.18 bits per heavy atom. The molecule has 1 aromatic rings. The number of phenols is 1. The average Bonchev–Trinajstić information content (AvgIpc) is 2.73. The first-order valence-electron chi connectivity index (χ1n) is 11.5. The number of ketones is 5. The van der Waals surface area contributed by atoms with E-state index < -0.39 is 81.0 Å². The fourth-order valence-electron chi connectivity index (χ4n) is 7.31. The van der Waals surface area contributed by atoms with E-state index >= 15 is 0 Å². The van der Waals surface area contributed by atoms with Gasteiger partial charge < -0.3 is 15.3 Å². The highest BCUT2D eigenvalue weighted by Crippen LogP contribution is 2.66. The second-order valence-electron chi connectivity index (χ2n) is 10.9. The number of carbonyl (C=O) groups is 5. The number of aliphatic hydroxyl groups is 2. The summed E-state index contributed by atoms with van der Waals surface area (Å²) in [4.78, 5) is 67.1. The van der Waals surface area contributed by atoms with Gasteiger partial charge in [0.1, 0.15) is 17.5 Å². The zero-order chi connectivity index (χ0) is 25.7. The zero-order valence-corrected chi connectivity index (χ0v) is 20.1. The molecule has 8 nitrogen and oxygen atoms in total. The summed E-state index contributed by atoms with van der Waals surface area (Å²) in [6, 6.07) is 4.49. The highest BCUT2D eigenvalue weighted by molar-refractivity contribution is 6.32. The average molecular weight is 471 g/mol. The maximum Gasteiger partial charge on any atom is 0.191 e. The van der Waals surface area contributed by atoms with Crippen molar-refractivity contribution in [2.75, 3.05) is 0 Å². The van der Waals surface area contributed by atoms with Crippen molar-refractivity contribution in [3.8, 4) is 5.75 Å². The lowest BCUT2D eigenvalue weighted by molar-refractivity contribution is -0.240. The molecule has 0 aromatic heterocycles. The molecule has 3 unspecified atom stereocenters. The Bertz CT molecular complexity index is 1170. The first kappa shape index (κ1) is 24.4. The number of phenolic OH excluding ortho intramolecular Hbond substituents is 1. The van der Waals surface area contributed by atoms with E-state index in [-0.39, 0.29) is 11.3 Å². The van der Waals surface area contributed by atoms with Crippen molar-refractivity contribution in [3.63, 3.8) is 0 Å². The quantitative estimate of drug-likeness (QED) is 0.553. The Kier molecular flexibility index (Phi) is 5.13. The Morgan fingerprint density at radius 1 is 1.06 bits per heavy atom. The molecule has 0 heterocycles. The zero-order valence-electron chi connectivity index (χ0n) is 20.1. The van der Waals surface area contributed by atoms with E-state index in [1.807, 2.05) is 0 Å². The molecule has 34 heavy (non-hydrogen) atoms. The molecule has 0 aliphatic heterocycles. The van der Waals surface area contributed by atoms with Crippen LogP contribution < -0.4 is 0 Å². The molecule has 3 N–H and O–H groups in total. The first-order chi connectivity index (χ1) is 15.6. The van der Waals surface area contributed by atoms with Gasteiger partial charge in [-0.2, -0.15) is 0 Å². The summed E-state index contributed by atoms with van der Waals surface area (Å²) in [5.41, 5.74) is -6.07. The summed E-state index contributed by atoms with van der Waals surface area (Å²) in [6.45, 7) is 8.95.